The summed E-state index contributed by atoms with van der Waals surface area (Å²) in [5.74, 6) is 0.407. The molecule has 1 N–H and O–H groups in total. The Morgan fingerprint density at radius 2 is 1.58 bits per heavy atom. The largest absolute Gasteiger partial charge is 0.494 e. The van der Waals surface area contributed by atoms with Gasteiger partial charge in [-0.15, -0.1) is 0 Å². The smallest absolute Gasteiger partial charge is 0.273 e. The Labute approximate surface area is 149 Å². The molecular weight excluding hydrogens is 330 g/mol. The van der Waals surface area contributed by atoms with Crippen LogP contribution in [-0.2, 0) is 0 Å². The fourth-order valence-corrected chi connectivity index (χ4v) is 3.01. The summed E-state index contributed by atoms with van der Waals surface area (Å²) in [6.45, 7) is 0. The molecule has 0 radical (unpaired) electrons. The molecule has 0 saturated heterocycles. The average molecular weight is 345 g/mol. The van der Waals surface area contributed by atoms with E-state index in [0.29, 0.717) is 11.4 Å². The highest BCUT2D eigenvalue weighted by Crippen LogP contribution is 2.37. The van der Waals surface area contributed by atoms with Crippen LogP contribution in [0.15, 0.2) is 66.7 Å². The first-order valence-corrected chi connectivity index (χ1v) is 8.04. The van der Waals surface area contributed by atoms with Crippen LogP contribution in [0.5, 0.6) is 5.75 Å². The normalized spacial score (nSPS) is 10.8. The number of para-hydroxylation sites is 2. The highest BCUT2D eigenvalue weighted by atomic mass is 16.6. The van der Waals surface area contributed by atoms with E-state index in [2.05, 4.69) is 5.32 Å². The van der Waals surface area contributed by atoms with E-state index in [0.717, 1.165) is 27.5 Å². The number of nitro benzene ring substituents is 1. The van der Waals surface area contributed by atoms with Gasteiger partial charge in [-0.1, -0.05) is 36.4 Å². The Morgan fingerprint density at radius 1 is 0.962 bits per heavy atom. The van der Waals surface area contributed by atoms with Crippen LogP contribution in [0.25, 0.3) is 21.8 Å². The number of hydrogen-bond acceptors (Lipinski definition) is 5. The van der Waals surface area contributed by atoms with Crippen molar-refractivity contribution in [3.8, 4) is 5.75 Å². The van der Waals surface area contributed by atoms with Crippen LogP contribution in [0.1, 0.15) is 0 Å². The van der Waals surface area contributed by atoms with Crippen molar-refractivity contribution in [2.75, 3.05) is 12.4 Å². The quantitative estimate of drug-likeness (QED) is 0.318. The van der Waals surface area contributed by atoms with Gasteiger partial charge in [-0.3, -0.25) is 10.1 Å². The van der Waals surface area contributed by atoms with Crippen LogP contribution < -0.4 is 10.1 Å². The molecule has 0 aliphatic heterocycles. The number of nitrogens with zero attached hydrogens (tertiary/aromatic N) is 2. The van der Waals surface area contributed by atoms with Crippen molar-refractivity contribution in [3.05, 3.63) is 76.8 Å². The van der Waals surface area contributed by atoms with Crippen LogP contribution in [0.2, 0.25) is 0 Å². The van der Waals surface area contributed by atoms with Gasteiger partial charge in [-0.2, -0.15) is 0 Å². The van der Waals surface area contributed by atoms with E-state index in [1.165, 1.54) is 19.2 Å². The van der Waals surface area contributed by atoms with Crippen molar-refractivity contribution in [3.63, 3.8) is 0 Å². The predicted molar refractivity (Wildman–Crippen MR) is 102 cm³/mol. The van der Waals surface area contributed by atoms with Gasteiger partial charge in [-0.25, -0.2) is 4.98 Å². The van der Waals surface area contributed by atoms with Crippen LogP contribution in [0.3, 0.4) is 0 Å². The van der Waals surface area contributed by atoms with Crippen molar-refractivity contribution < 1.29 is 9.66 Å². The van der Waals surface area contributed by atoms with Gasteiger partial charge in [-0.05, 0) is 18.2 Å². The summed E-state index contributed by atoms with van der Waals surface area (Å²) in [7, 11) is 1.49. The lowest BCUT2D eigenvalue weighted by Crippen LogP contribution is -1.99. The predicted octanol–water partition coefficient (Wildman–Crippen LogP) is 5.05. The number of hydrogen-bond donors (Lipinski definition) is 1. The third-order valence-corrected chi connectivity index (χ3v) is 4.24. The molecule has 0 saturated carbocycles. The monoisotopic (exact) mass is 345 g/mol. The maximum atomic E-state index is 11.0. The molecule has 26 heavy (non-hydrogen) atoms. The molecule has 128 valence electrons. The second-order valence-electron chi connectivity index (χ2n) is 5.79. The number of nitrogens with one attached hydrogen (secondary N) is 1. The van der Waals surface area contributed by atoms with E-state index in [9.17, 15) is 10.1 Å². The summed E-state index contributed by atoms with van der Waals surface area (Å²) in [6.07, 6.45) is 0. The van der Waals surface area contributed by atoms with E-state index in [-0.39, 0.29) is 5.69 Å². The number of ether oxygens (including phenoxy) is 1. The van der Waals surface area contributed by atoms with Crippen LogP contribution in [-0.4, -0.2) is 17.0 Å². The molecule has 1 heterocycles. The fourth-order valence-electron chi connectivity index (χ4n) is 3.01. The molecule has 0 bridgehead atoms. The molecule has 0 unspecified atom stereocenters. The Morgan fingerprint density at radius 3 is 2.15 bits per heavy atom. The first kappa shape index (κ1) is 15.8. The second kappa shape index (κ2) is 6.33. The number of non-ortho nitro benzene ring substituents is 1. The van der Waals surface area contributed by atoms with Gasteiger partial charge in [0.05, 0.1) is 40.5 Å². The van der Waals surface area contributed by atoms with E-state index in [1.54, 1.807) is 6.07 Å². The summed E-state index contributed by atoms with van der Waals surface area (Å²) < 4.78 is 5.35. The number of aromatic nitrogens is 1. The van der Waals surface area contributed by atoms with E-state index < -0.39 is 4.92 Å². The Hall–Kier alpha value is -3.67. The van der Waals surface area contributed by atoms with Crippen LogP contribution in [0.4, 0.5) is 17.1 Å². The number of fused-ring (bicyclic) bond motifs is 2. The molecule has 0 aliphatic rings. The minimum absolute atomic E-state index is 0.0168. The molecule has 3 aromatic carbocycles. The maximum Gasteiger partial charge on any atom is 0.273 e. The zero-order valence-corrected chi connectivity index (χ0v) is 14.0. The summed E-state index contributed by atoms with van der Waals surface area (Å²) in [5.41, 5.74) is 3.26. The molecule has 1 aromatic heterocycles. The molecule has 0 aliphatic carbocycles. The van der Waals surface area contributed by atoms with Gasteiger partial charge in [0.2, 0.25) is 0 Å². The number of methoxy groups -OCH3 is 1. The van der Waals surface area contributed by atoms with Crippen LogP contribution in [0, 0.1) is 10.1 Å². The summed E-state index contributed by atoms with van der Waals surface area (Å²) in [5, 5.41) is 16.3. The second-order valence-corrected chi connectivity index (χ2v) is 5.79. The summed E-state index contributed by atoms with van der Waals surface area (Å²) >= 11 is 0. The lowest BCUT2D eigenvalue weighted by molar-refractivity contribution is -0.384. The standard InChI is InChI=1S/C20H15N3O3/c1-26-19-12-13(23(24)25)10-11-18(19)22-20-14-6-2-4-8-16(14)21-17-9-5-3-7-15(17)20/h2-12H,1H3,(H,21,22). The minimum Gasteiger partial charge on any atom is -0.494 e. The molecule has 6 nitrogen and oxygen atoms in total. The van der Waals surface area contributed by atoms with Crippen molar-refractivity contribution in [2.24, 2.45) is 0 Å². The topological polar surface area (TPSA) is 77.3 Å². The zero-order chi connectivity index (χ0) is 18.1. The molecule has 6 heteroatoms. The third-order valence-electron chi connectivity index (χ3n) is 4.24. The van der Waals surface area contributed by atoms with Crippen molar-refractivity contribution >= 4 is 38.9 Å². The van der Waals surface area contributed by atoms with Crippen molar-refractivity contribution in [1.82, 2.24) is 4.98 Å². The van der Waals surface area contributed by atoms with Gasteiger partial charge in [0.25, 0.3) is 5.69 Å². The third kappa shape index (κ3) is 2.67. The first-order chi connectivity index (χ1) is 12.7. The minimum atomic E-state index is -0.441. The number of rotatable bonds is 4. The Bertz CT molecular complexity index is 1090. The summed E-state index contributed by atoms with van der Waals surface area (Å²) in [4.78, 5) is 15.3. The van der Waals surface area contributed by atoms with Gasteiger partial charge in [0.15, 0.2) is 0 Å². The van der Waals surface area contributed by atoms with Gasteiger partial charge in [0, 0.05) is 16.8 Å². The lowest BCUT2D eigenvalue weighted by Gasteiger charge is -2.15. The Kier molecular flexibility index (Phi) is 3.85. The molecule has 0 amide bonds. The number of anilines is 2. The Balaban J connectivity index is 1.93. The fraction of sp³-hybridized carbons (Fsp3) is 0.0500. The number of benzene rings is 3. The molecule has 0 atom stereocenters. The zero-order valence-electron chi connectivity index (χ0n) is 14.0. The van der Waals surface area contributed by atoms with Gasteiger partial charge >= 0.3 is 0 Å². The first-order valence-electron chi connectivity index (χ1n) is 8.04. The number of pyridine rings is 1. The van der Waals surface area contributed by atoms with E-state index >= 15 is 0 Å². The van der Waals surface area contributed by atoms with Gasteiger partial charge < -0.3 is 10.1 Å². The van der Waals surface area contributed by atoms with E-state index in [4.69, 9.17) is 9.72 Å². The van der Waals surface area contributed by atoms with E-state index in [1.807, 2.05) is 48.5 Å². The maximum absolute atomic E-state index is 11.0. The van der Waals surface area contributed by atoms with Gasteiger partial charge in [0.1, 0.15) is 5.75 Å². The molecular formula is C20H15N3O3. The number of nitro groups is 1. The lowest BCUT2D eigenvalue weighted by atomic mass is 10.1. The highest BCUT2D eigenvalue weighted by molar-refractivity contribution is 6.08. The average Bonchev–Trinajstić information content (AvgIpc) is 2.67. The SMILES string of the molecule is COc1cc([N+](=O)[O-])ccc1Nc1c2ccccc2nc2ccccc12. The molecule has 0 spiro atoms. The molecule has 4 rings (SSSR count). The summed E-state index contributed by atoms with van der Waals surface area (Å²) in [6, 6.07) is 20.2. The van der Waals surface area contributed by atoms with Crippen molar-refractivity contribution in [2.45, 2.75) is 0 Å². The van der Waals surface area contributed by atoms with Crippen LogP contribution >= 0.6 is 0 Å². The molecule has 4 aromatic rings. The highest BCUT2D eigenvalue weighted by Gasteiger charge is 2.14. The molecule has 0 fully saturated rings. The van der Waals surface area contributed by atoms with Crippen molar-refractivity contribution in [1.29, 1.82) is 0 Å².